The van der Waals surface area contributed by atoms with Gasteiger partial charge in [0.05, 0.1) is 11.8 Å². The average molecular weight is 555 g/mol. The number of imide groups is 1. The van der Waals surface area contributed by atoms with Gasteiger partial charge in [0, 0.05) is 37.1 Å². The van der Waals surface area contributed by atoms with Crippen LogP contribution >= 0.6 is 11.8 Å². The van der Waals surface area contributed by atoms with Gasteiger partial charge in [-0.05, 0) is 32.6 Å². The molecule has 38 heavy (non-hydrogen) atoms. The maximum Gasteiger partial charge on any atom is 0.242 e. The Morgan fingerprint density at radius 1 is 1.00 bits per heavy atom. The van der Waals surface area contributed by atoms with Crippen LogP contribution in [0.1, 0.15) is 98.8 Å². The van der Waals surface area contributed by atoms with Crippen LogP contribution in [0.25, 0.3) is 0 Å². The summed E-state index contributed by atoms with van der Waals surface area (Å²) in [7, 11) is 0. The number of amides is 5. The van der Waals surface area contributed by atoms with E-state index < -0.39 is 11.9 Å². The number of nitrogens with one attached hydrogen (secondary N) is 3. The highest BCUT2D eigenvalue weighted by atomic mass is 32.2. The number of ketones is 1. The lowest BCUT2D eigenvalue weighted by molar-refractivity contribution is -0.138. The Labute approximate surface area is 231 Å². The molecule has 0 aliphatic carbocycles. The van der Waals surface area contributed by atoms with Gasteiger partial charge in [-0.3, -0.25) is 33.7 Å². The molecule has 1 saturated heterocycles. The maximum atomic E-state index is 12.7. The molecule has 0 spiro atoms. The van der Waals surface area contributed by atoms with Crippen LogP contribution in [-0.4, -0.2) is 75.9 Å². The number of carbonyl (C=O) groups excluding carboxylic acids is 6. The molecule has 0 aromatic rings. The van der Waals surface area contributed by atoms with Crippen LogP contribution in [0.2, 0.25) is 0 Å². The third-order valence-electron chi connectivity index (χ3n) is 6.84. The third kappa shape index (κ3) is 12.0. The second kappa shape index (κ2) is 17.2. The van der Waals surface area contributed by atoms with Gasteiger partial charge >= 0.3 is 0 Å². The Kier molecular flexibility index (Phi) is 15.2. The zero-order valence-corrected chi connectivity index (χ0v) is 24.5. The summed E-state index contributed by atoms with van der Waals surface area (Å²) in [5.41, 5.74) is 0. The van der Waals surface area contributed by atoms with E-state index in [1.54, 1.807) is 11.8 Å². The highest BCUT2D eigenvalue weighted by Crippen LogP contribution is 2.39. The molecule has 0 bridgehead atoms. The van der Waals surface area contributed by atoms with Crippen molar-refractivity contribution < 1.29 is 28.8 Å². The first-order valence-electron chi connectivity index (χ1n) is 13.8. The highest BCUT2D eigenvalue weighted by molar-refractivity contribution is 8.02. The number of rotatable bonds is 19. The highest BCUT2D eigenvalue weighted by Gasteiger charge is 2.41. The normalized spacial score (nSPS) is 16.3. The summed E-state index contributed by atoms with van der Waals surface area (Å²) in [4.78, 5) is 74.4. The van der Waals surface area contributed by atoms with Crippen molar-refractivity contribution in [2.24, 2.45) is 0 Å². The molecule has 0 saturated carbocycles. The van der Waals surface area contributed by atoms with Crippen molar-refractivity contribution in [1.82, 2.24) is 20.9 Å². The predicted octanol–water partition coefficient (Wildman–Crippen LogP) is 2.48. The molecule has 0 radical (unpaired) electrons. The lowest BCUT2D eigenvalue weighted by Crippen LogP contribution is -2.48. The molecule has 1 unspecified atom stereocenters. The fourth-order valence-electron chi connectivity index (χ4n) is 4.01. The van der Waals surface area contributed by atoms with E-state index in [1.165, 1.54) is 11.8 Å². The van der Waals surface area contributed by atoms with Gasteiger partial charge in [0.15, 0.2) is 0 Å². The smallest absolute Gasteiger partial charge is 0.242 e. The van der Waals surface area contributed by atoms with Crippen LogP contribution in [0.3, 0.4) is 0 Å². The number of Topliss-reactive ketones (excluding diaryl/α,β-unsaturated/α-hetero) is 1. The fourth-order valence-corrected chi connectivity index (χ4v) is 5.48. The Morgan fingerprint density at radius 2 is 1.68 bits per heavy atom. The minimum Gasteiger partial charge on any atom is -0.356 e. The van der Waals surface area contributed by atoms with Gasteiger partial charge in [0.1, 0.15) is 11.8 Å². The Balaban J connectivity index is 2.40. The molecule has 10 nitrogen and oxygen atoms in total. The summed E-state index contributed by atoms with van der Waals surface area (Å²) < 4.78 is -0.0450. The molecule has 11 heteroatoms. The third-order valence-corrected chi connectivity index (χ3v) is 8.64. The van der Waals surface area contributed by atoms with Crippen molar-refractivity contribution >= 4 is 47.1 Å². The van der Waals surface area contributed by atoms with Crippen LogP contribution in [-0.2, 0) is 28.8 Å². The second-order valence-electron chi connectivity index (χ2n) is 10.1. The van der Waals surface area contributed by atoms with Crippen molar-refractivity contribution in [3.05, 3.63) is 0 Å². The molecule has 216 valence electrons. The van der Waals surface area contributed by atoms with Crippen LogP contribution in [0.4, 0.5) is 0 Å². The molecule has 0 aromatic carbocycles. The first kappa shape index (κ1) is 33.6. The molecule has 1 aliphatic heterocycles. The van der Waals surface area contributed by atoms with E-state index in [-0.39, 0.29) is 78.3 Å². The van der Waals surface area contributed by atoms with E-state index in [2.05, 4.69) is 36.7 Å². The van der Waals surface area contributed by atoms with Crippen LogP contribution in [0.5, 0.6) is 0 Å². The van der Waals surface area contributed by atoms with Crippen LogP contribution in [0, 0.1) is 0 Å². The summed E-state index contributed by atoms with van der Waals surface area (Å²) in [6.07, 6.45) is 5.65. The van der Waals surface area contributed by atoms with Crippen molar-refractivity contribution in [3.8, 4) is 0 Å². The molecule has 1 heterocycles. The zero-order chi connectivity index (χ0) is 28.7. The van der Waals surface area contributed by atoms with Gasteiger partial charge in [-0.15, -0.1) is 11.8 Å². The van der Waals surface area contributed by atoms with E-state index in [9.17, 15) is 28.8 Å². The first-order chi connectivity index (χ1) is 18.0. The number of thioether (sulfide) groups is 1. The summed E-state index contributed by atoms with van der Waals surface area (Å²) in [6.45, 7) is 9.91. The maximum absolute atomic E-state index is 12.7. The molecule has 5 amide bonds. The fraction of sp³-hybridized carbons (Fsp3) is 0.778. The number of hydrogen-bond acceptors (Lipinski definition) is 7. The SMILES string of the molecule is CCCCC[C@H](NC(=O)CCNC(=O)CCCN1C(=O)CC(SC(C)(CC)CC)C1=O)C(=O)NCC(C)=O. The predicted molar refractivity (Wildman–Crippen MR) is 148 cm³/mol. The number of carbonyl (C=O) groups is 6. The summed E-state index contributed by atoms with van der Waals surface area (Å²) >= 11 is 1.57. The summed E-state index contributed by atoms with van der Waals surface area (Å²) in [6, 6.07) is -0.728. The number of hydrogen-bond donors (Lipinski definition) is 3. The van der Waals surface area contributed by atoms with Crippen molar-refractivity contribution in [2.75, 3.05) is 19.6 Å². The minimum absolute atomic E-state index is 0.00559. The molecular weight excluding hydrogens is 508 g/mol. The molecular formula is C27H46N4O6S. The van der Waals surface area contributed by atoms with E-state index in [0.717, 1.165) is 32.1 Å². The number of unbranched alkanes of at least 4 members (excludes halogenated alkanes) is 2. The van der Waals surface area contributed by atoms with E-state index in [1.807, 2.05) is 6.92 Å². The topological polar surface area (TPSA) is 142 Å². The lowest BCUT2D eigenvalue weighted by atomic mass is 10.1. The zero-order valence-electron chi connectivity index (χ0n) is 23.7. The molecule has 2 atom stereocenters. The molecule has 3 N–H and O–H groups in total. The van der Waals surface area contributed by atoms with Crippen molar-refractivity contribution in [3.63, 3.8) is 0 Å². The van der Waals surface area contributed by atoms with Crippen molar-refractivity contribution in [2.45, 2.75) is 115 Å². The summed E-state index contributed by atoms with van der Waals surface area (Å²) in [5, 5.41) is 7.54. The standard InChI is InChI=1S/C27H46N4O6S/c1-6-9-10-12-20(25(36)29-18-19(4)32)30-23(34)14-15-28-22(33)13-11-16-31-24(35)17-21(26(31)37)38-27(5,7-2)8-3/h20-21H,6-18H2,1-5H3,(H,28,33)(H,29,36)(H,30,34)/t20-,21?/m0/s1. The van der Waals surface area contributed by atoms with Crippen LogP contribution in [0.15, 0.2) is 0 Å². The number of nitrogens with zero attached hydrogens (tertiary/aromatic N) is 1. The Bertz CT molecular complexity index is 845. The molecule has 1 rings (SSSR count). The van der Waals surface area contributed by atoms with Crippen molar-refractivity contribution in [1.29, 1.82) is 0 Å². The van der Waals surface area contributed by atoms with Gasteiger partial charge in [-0.25, -0.2) is 0 Å². The second-order valence-corrected chi connectivity index (χ2v) is 11.9. The molecule has 0 aromatic heterocycles. The van der Waals surface area contributed by atoms with Gasteiger partial charge in [-0.1, -0.05) is 47.0 Å². The van der Waals surface area contributed by atoms with Gasteiger partial charge in [0.25, 0.3) is 0 Å². The minimum atomic E-state index is -0.728. The van der Waals surface area contributed by atoms with E-state index in [0.29, 0.717) is 12.8 Å². The van der Waals surface area contributed by atoms with Gasteiger partial charge < -0.3 is 16.0 Å². The number of likely N-dealkylation sites (tertiary alicyclic amines) is 1. The molecule has 1 fully saturated rings. The molecule has 1 aliphatic rings. The average Bonchev–Trinajstić information content (AvgIpc) is 3.13. The summed E-state index contributed by atoms with van der Waals surface area (Å²) in [5.74, 6) is -1.58. The first-order valence-corrected chi connectivity index (χ1v) is 14.7. The van der Waals surface area contributed by atoms with Gasteiger partial charge in [-0.2, -0.15) is 0 Å². The Morgan fingerprint density at radius 3 is 2.29 bits per heavy atom. The quantitative estimate of drug-likeness (QED) is 0.164. The van der Waals surface area contributed by atoms with Gasteiger partial charge in [0.2, 0.25) is 29.5 Å². The monoisotopic (exact) mass is 554 g/mol. The largest absolute Gasteiger partial charge is 0.356 e. The Hall–Kier alpha value is -2.43. The van der Waals surface area contributed by atoms with Crippen LogP contribution < -0.4 is 16.0 Å². The van der Waals surface area contributed by atoms with E-state index in [4.69, 9.17) is 0 Å². The lowest BCUT2D eigenvalue weighted by Gasteiger charge is -2.28. The van der Waals surface area contributed by atoms with E-state index >= 15 is 0 Å².